The van der Waals surface area contributed by atoms with Crippen molar-refractivity contribution in [1.82, 2.24) is 0 Å². The van der Waals surface area contributed by atoms with Crippen LogP contribution in [-0.2, 0) is 9.59 Å². The van der Waals surface area contributed by atoms with Gasteiger partial charge < -0.3 is 20.5 Å². The maximum absolute atomic E-state index is 12.2. The van der Waals surface area contributed by atoms with E-state index >= 15 is 0 Å². The predicted molar refractivity (Wildman–Crippen MR) is 88.0 cm³/mol. The van der Waals surface area contributed by atoms with Crippen molar-refractivity contribution in [3.63, 3.8) is 0 Å². The van der Waals surface area contributed by atoms with E-state index in [1.165, 1.54) is 55.5 Å². The number of alkyl halides is 3. The molecule has 0 heterocycles. The van der Waals surface area contributed by atoms with Gasteiger partial charge in [-0.05, 0) is 55.5 Å². The summed E-state index contributed by atoms with van der Waals surface area (Å²) in [4.78, 5) is 22.9. The molecule has 0 aliphatic rings. The average Bonchev–Trinajstić information content (AvgIpc) is 2.57. The molecule has 26 heavy (non-hydrogen) atoms. The molecule has 1 atom stereocenters. The fourth-order valence-electron chi connectivity index (χ4n) is 1.87. The Balaban J connectivity index is 1.92. The van der Waals surface area contributed by atoms with E-state index in [0.29, 0.717) is 11.4 Å². The Morgan fingerprint density at radius 1 is 0.962 bits per heavy atom. The number of nitrogens with one attached hydrogen (secondary N) is 2. The molecule has 1 unspecified atom stereocenters. The Labute approximate surface area is 146 Å². The van der Waals surface area contributed by atoms with Gasteiger partial charge in [0.1, 0.15) is 11.5 Å². The molecule has 0 aromatic heterocycles. The maximum atomic E-state index is 12.2. The number of phenolic OH excluding ortho intramolecular Hbond substituents is 1. The number of halogens is 3. The SMILES string of the molecule is CC(Oc1ccc(O)cc1)C(=O)Nc1ccc(NC(=O)C(F)(F)F)cc1. The van der Waals surface area contributed by atoms with Crippen molar-refractivity contribution >= 4 is 23.2 Å². The molecule has 0 bridgehead atoms. The van der Waals surface area contributed by atoms with Crippen LogP contribution in [0.3, 0.4) is 0 Å². The lowest BCUT2D eigenvalue weighted by molar-refractivity contribution is -0.167. The fraction of sp³-hybridized carbons (Fsp3) is 0.176. The minimum Gasteiger partial charge on any atom is -0.508 e. The summed E-state index contributed by atoms with van der Waals surface area (Å²) in [7, 11) is 0. The van der Waals surface area contributed by atoms with Crippen LogP contribution >= 0.6 is 0 Å². The van der Waals surface area contributed by atoms with Gasteiger partial charge in [0.05, 0.1) is 0 Å². The first-order valence-corrected chi connectivity index (χ1v) is 7.40. The number of hydrogen-bond acceptors (Lipinski definition) is 4. The third-order valence-corrected chi connectivity index (χ3v) is 3.19. The third kappa shape index (κ3) is 5.40. The molecule has 2 rings (SSSR count). The molecule has 0 saturated carbocycles. The van der Waals surface area contributed by atoms with Gasteiger partial charge in [-0.15, -0.1) is 0 Å². The molecule has 2 amide bonds. The van der Waals surface area contributed by atoms with E-state index in [0.717, 1.165) is 0 Å². The van der Waals surface area contributed by atoms with Crippen molar-refractivity contribution in [3.8, 4) is 11.5 Å². The molecule has 6 nitrogen and oxygen atoms in total. The van der Waals surface area contributed by atoms with Gasteiger partial charge in [-0.25, -0.2) is 0 Å². The van der Waals surface area contributed by atoms with Crippen LogP contribution < -0.4 is 15.4 Å². The van der Waals surface area contributed by atoms with Crippen LogP contribution in [-0.4, -0.2) is 29.2 Å². The van der Waals surface area contributed by atoms with E-state index in [2.05, 4.69) is 5.32 Å². The summed E-state index contributed by atoms with van der Waals surface area (Å²) in [5.74, 6) is -2.11. The number of carbonyl (C=O) groups excluding carboxylic acids is 2. The van der Waals surface area contributed by atoms with E-state index in [1.807, 2.05) is 0 Å². The van der Waals surface area contributed by atoms with Crippen LogP contribution in [0.4, 0.5) is 24.5 Å². The molecule has 0 radical (unpaired) electrons. The Morgan fingerprint density at radius 2 is 1.46 bits per heavy atom. The minimum absolute atomic E-state index is 0.0567. The fourth-order valence-corrected chi connectivity index (χ4v) is 1.87. The lowest BCUT2D eigenvalue weighted by Crippen LogP contribution is -2.30. The van der Waals surface area contributed by atoms with Crippen LogP contribution in [0.5, 0.6) is 11.5 Å². The van der Waals surface area contributed by atoms with Crippen LogP contribution in [0.25, 0.3) is 0 Å². The van der Waals surface area contributed by atoms with Crippen LogP contribution in [0.15, 0.2) is 48.5 Å². The van der Waals surface area contributed by atoms with E-state index in [9.17, 15) is 27.9 Å². The minimum atomic E-state index is -4.98. The molecule has 0 aliphatic carbocycles. The number of anilines is 2. The first-order valence-electron chi connectivity index (χ1n) is 7.40. The summed E-state index contributed by atoms with van der Waals surface area (Å²) in [6.45, 7) is 1.51. The van der Waals surface area contributed by atoms with Gasteiger partial charge in [-0.1, -0.05) is 0 Å². The van der Waals surface area contributed by atoms with Crippen LogP contribution in [0, 0.1) is 0 Å². The molecule has 9 heteroatoms. The van der Waals surface area contributed by atoms with Crippen LogP contribution in [0.1, 0.15) is 6.92 Å². The van der Waals surface area contributed by atoms with Gasteiger partial charge in [0, 0.05) is 11.4 Å². The molecule has 138 valence electrons. The second kappa shape index (κ2) is 7.77. The summed E-state index contributed by atoms with van der Waals surface area (Å²) in [6.07, 6.45) is -5.84. The lowest BCUT2D eigenvalue weighted by atomic mass is 10.2. The quantitative estimate of drug-likeness (QED) is 0.756. The Kier molecular flexibility index (Phi) is 5.71. The predicted octanol–water partition coefficient (Wildman–Crippen LogP) is 3.30. The van der Waals surface area contributed by atoms with Gasteiger partial charge in [-0.3, -0.25) is 9.59 Å². The summed E-state index contributed by atoms with van der Waals surface area (Å²) >= 11 is 0. The zero-order chi connectivity index (χ0) is 19.3. The Morgan fingerprint density at radius 3 is 1.96 bits per heavy atom. The molecule has 3 N–H and O–H groups in total. The standard InChI is InChI=1S/C17H15F3N2O4/c1-10(26-14-8-6-13(23)7-9-14)15(24)21-11-2-4-12(5-3-11)22-16(25)17(18,19)20/h2-10,23H,1H3,(H,21,24)(H,22,25). The van der Waals surface area contributed by atoms with Gasteiger partial charge in [0.2, 0.25) is 0 Å². The summed E-state index contributed by atoms with van der Waals surface area (Å²) in [6, 6.07) is 11.0. The van der Waals surface area contributed by atoms with E-state index in [4.69, 9.17) is 4.74 Å². The maximum Gasteiger partial charge on any atom is 0.471 e. The normalized spacial score (nSPS) is 12.2. The van der Waals surface area contributed by atoms with Gasteiger partial charge in [-0.2, -0.15) is 13.2 Å². The number of aromatic hydroxyl groups is 1. The topological polar surface area (TPSA) is 87.7 Å². The molecule has 0 spiro atoms. The number of benzene rings is 2. The van der Waals surface area contributed by atoms with Crippen LogP contribution in [0.2, 0.25) is 0 Å². The van der Waals surface area contributed by atoms with Gasteiger partial charge >= 0.3 is 12.1 Å². The molecular weight excluding hydrogens is 353 g/mol. The van der Waals surface area contributed by atoms with Crippen molar-refractivity contribution in [2.24, 2.45) is 0 Å². The lowest BCUT2D eigenvalue weighted by Gasteiger charge is -2.15. The van der Waals surface area contributed by atoms with Crippen molar-refractivity contribution in [3.05, 3.63) is 48.5 Å². The summed E-state index contributed by atoms with van der Waals surface area (Å²) in [5, 5.41) is 13.4. The van der Waals surface area contributed by atoms with Crippen molar-refractivity contribution in [2.45, 2.75) is 19.2 Å². The molecule has 2 aromatic rings. The molecular formula is C17H15F3N2O4. The number of amides is 2. The number of hydrogen-bond donors (Lipinski definition) is 3. The highest BCUT2D eigenvalue weighted by atomic mass is 19.4. The second-order valence-corrected chi connectivity index (χ2v) is 5.27. The van der Waals surface area contributed by atoms with Gasteiger partial charge in [0.25, 0.3) is 5.91 Å². The molecule has 0 saturated heterocycles. The van der Waals surface area contributed by atoms with Gasteiger partial charge in [0.15, 0.2) is 6.10 Å². The second-order valence-electron chi connectivity index (χ2n) is 5.27. The molecule has 0 aliphatic heterocycles. The number of carbonyl (C=O) groups is 2. The first-order chi connectivity index (χ1) is 12.1. The molecule has 2 aromatic carbocycles. The largest absolute Gasteiger partial charge is 0.508 e. The van der Waals surface area contributed by atoms with E-state index < -0.39 is 24.1 Å². The van der Waals surface area contributed by atoms with Crippen molar-refractivity contribution in [1.29, 1.82) is 0 Å². The summed E-state index contributed by atoms with van der Waals surface area (Å²) < 4.78 is 41.9. The Bertz CT molecular complexity index is 774. The van der Waals surface area contributed by atoms with Crippen molar-refractivity contribution in [2.75, 3.05) is 10.6 Å². The zero-order valence-corrected chi connectivity index (χ0v) is 13.5. The van der Waals surface area contributed by atoms with E-state index in [1.54, 1.807) is 5.32 Å². The smallest absolute Gasteiger partial charge is 0.471 e. The zero-order valence-electron chi connectivity index (χ0n) is 13.5. The summed E-state index contributed by atoms with van der Waals surface area (Å²) in [5.41, 5.74) is 0.264. The monoisotopic (exact) mass is 368 g/mol. The highest BCUT2D eigenvalue weighted by Crippen LogP contribution is 2.20. The van der Waals surface area contributed by atoms with Crippen molar-refractivity contribution < 1.29 is 32.6 Å². The number of rotatable bonds is 5. The highest BCUT2D eigenvalue weighted by molar-refractivity contribution is 5.96. The van der Waals surface area contributed by atoms with E-state index in [-0.39, 0.29) is 11.4 Å². The highest BCUT2D eigenvalue weighted by Gasteiger charge is 2.38. The first kappa shape index (κ1) is 19.1. The Hall–Kier alpha value is -3.23. The molecule has 0 fully saturated rings. The number of ether oxygens (including phenoxy) is 1. The third-order valence-electron chi connectivity index (χ3n) is 3.19. The average molecular weight is 368 g/mol. The number of phenols is 1.